The number of rotatable bonds is 6. The lowest BCUT2D eigenvalue weighted by atomic mass is 9.75. The Balaban J connectivity index is 1.63. The highest BCUT2D eigenvalue weighted by molar-refractivity contribution is 5.62. The van der Waals surface area contributed by atoms with Crippen molar-refractivity contribution in [3.8, 4) is 5.75 Å². The van der Waals surface area contributed by atoms with Crippen molar-refractivity contribution in [2.45, 2.75) is 46.1 Å². The molecule has 2 aliphatic rings. The largest absolute Gasteiger partial charge is 0.491 e. The summed E-state index contributed by atoms with van der Waals surface area (Å²) in [5, 5.41) is 3.87. The maximum Gasteiger partial charge on any atom is 0.119 e. The van der Waals surface area contributed by atoms with Crippen LogP contribution < -0.4 is 10.1 Å². The van der Waals surface area contributed by atoms with E-state index in [4.69, 9.17) is 9.47 Å². The minimum Gasteiger partial charge on any atom is -0.491 e. The second-order valence-electron chi connectivity index (χ2n) is 8.08. The third kappa shape index (κ3) is 3.56. The zero-order valence-corrected chi connectivity index (χ0v) is 17.4. The average Bonchev–Trinajstić information content (AvgIpc) is 3.15. The fourth-order valence-corrected chi connectivity index (χ4v) is 4.99. The SMILES string of the molecule is CCOCCOc1ccc2c(c1)C1C=CCC1C(c1c(C)cc(C)cc1C)N2. The van der Waals surface area contributed by atoms with Crippen LogP contribution in [0.2, 0.25) is 0 Å². The van der Waals surface area contributed by atoms with Crippen LogP contribution in [-0.4, -0.2) is 19.8 Å². The molecule has 0 spiro atoms. The van der Waals surface area contributed by atoms with Gasteiger partial charge < -0.3 is 14.8 Å². The Bertz CT molecular complexity index is 863. The summed E-state index contributed by atoms with van der Waals surface area (Å²) < 4.78 is 11.3. The van der Waals surface area contributed by atoms with Gasteiger partial charge in [0.25, 0.3) is 0 Å². The number of hydrogen-bond acceptors (Lipinski definition) is 3. The van der Waals surface area contributed by atoms with Crippen LogP contribution in [0.4, 0.5) is 5.69 Å². The van der Waals surface area contributed by atoms with Gasteiger partial charge in [-0.15, -0.1) is 0 Å². The highest BCUT2D eigenvalue weighted by atomic mass is 16.5. The first-order valence-corrected chi connectivity index (χ1v) is 10.4. The molecule has 1 heterocycles. The molecule has 1 aliphatic heterocycles. The lowest BCUT2D eigenvalue weighted by Gasteiger charge is -2.39. The molecule has 3 nitrogen and oxygen atoms in total. The first kappa shape index (κ1) is 19.1. The Morgan fingerprint density at radius 2 is 1.82 bits per heavy atom. The highest BCUT2D eigenvalue weighted by Gasteiger charge is 2.39. The Morgan fingerprint density at radius 1 is 1.04 bits per heavy atom. The van der Waals surface area contributed by atoms with Crippen molar-refractivity contribution in [3.63, 3.8) is 0 Å². The zero-order chi connectivity index (χ0) is 19.7. The molecular formula is C25H31NO2. The van der Waals surface area contributed by atoms with E-state index in [9.17, 15) is 0 Å². The first-order valence-electron chi connectivity index (χ1n) is 10.4. The topological polar surface area (TPSA) is 30.5 Å². The van der Waals surface area contributed by atoms with Gasteiger partial charge in [-0.05, 0) is 80.5 Å². The van der Waals surface area contributed by atoms with E-state index in [-0.39, 0.29) is 0 Å². The second-order valence-corrected chi connectivity index (χ2v) is 8.08. The van der Waals surface area contributed by atoms with Gasteiger partial charge in [-0.1, -0.05) is 29.8 Å². The van der Waals surface area contributed by atoms with Gasteiger partial charge in [-0.25, -0.2) is 0 Å². The van der Waals surface area contributed by atoms with Crippen LogP contribution in [0.25, 0.3) is 0 Å². The molecule has 3 atom stereocenters. The summed E-state index contributed by atoms with van der Waals surface area (Å²) >= 11 is 0. The first-order chi connectivity index (χ1) is 13.6. The van der Waals surface area contributed by atoms with E-state index >= 15 is 0 Å². The third-order valence-electron chi connectivity index (χ3n) is 6.08. The number of nitrogens with one attached hydrogen (secondary N) is 1. The number of hydrogen-bond donors (Lipinski definition) is 1. The van der Waals surface area contributed by atoms with E-state index in [2.05, 4.69) is 68.6 Å². The lowest BCUT2D eigenvalue weighted by Crippen LogP contribution is -2.30. The molecule has 0 aromatic heterocycles. The molecule has 3 heteroatoms. The van der Waals surface area contributed by atoms with Crippen molar-refractivity contribution >= 4 is 5.69 Å². The average molecular weight is 378 g/mol. The molecule has 1 aliphatic carbocycles. The smallest absolute Gasteiger partial charge is 0.119 e. The van der Waals surface area contributed by atoms with Crippen molar-refractivity contribution in [1.29, 1.82) is 0 Å². The zero-order valence-electron chi connectivity index (χ0n) is 17.4. The molecule has 0 bridgehead atoms. The predicted octanol–water partition coefficient (Wildman–Crippen LogP) is 5.85. The van der Waals surface area contributed by atoms with E-state index in [0.717, 1.165) is 18.8 Å². The van der Waals surface area contributed by atoms with Gasteiger partial charge in [0, 0.05) is 18.2 Å². The number of benzene rings is 2. The lowest BCUT2D eigenvalue weighted by molar-refractivity contribution is 0.110. The van der Waals surface area contributed by atoms with E-state index in [1.54, 1.807) is 0 Å². The molecule has 2 aromatic rings. The summed E-state index contributed by atoms with van der Waals surface area (Å²) in [4.78, 5) is 0. The molecular weight excluding hydrogens is 346 g/mol. The van der Waals surface area contributed by atoms with Crippen molar-refractivity contribution in [2.24, 2.45) is 5.92 Å². The van der Waals surface area contributed by atoms with Crippen LogP contribution in [0.1, 0.15) is 53.1 Å². The fraction of sp³-hybridized carbons (Fsp3) is 0.440. The molecule has 148 valence electrons. The van der Waals surface area contributed by atoms with E-state index in [0.29, 0.717) is 31.1 Å². The predicted molar refractivity (Wildman–Crippen MR) is 115 cm³/mol. The summed E-state index contributed by atoms with van der Waals surface area (Å²) in [6.45, 7) is 10.6. The van der Waals surface area contributed by atoms with Crippen molar-refractivity contribution in [3.05, 3.63) is 70.3 Å². The van der Waals surface area contributed by atoms with Gasteiger partial charge in [0.15, 0.2) is 0 Å². The van der Waals surface area contributed by atoms with Crippen molar-refractivity contribution in [2.75, 3.05) is 25.1 Å². The summed E-state index contributed by atoms with van der Waals surface area (Å²) in [6, 6.07) is 11.4. The molecule has 0 saturated carbocycles. The third-order valence-corrected chi connectivity index (χ3v) is 6.08. The van der Waals surface area contributed by atoms with Crippen LogP contribution in [-0.2, 0) is 4.74 Å². The summed E-state index contributed by atoms with van der Waals surface area (Å²) in [5.41, 5.74) is 8.16. The highest BCUT2D eigenvalue weighted by Crippen LogP contribution is 2.51. The van der Waals surface area contributed by atoms with Crippen LogP contribution >= 0.6 is 0 Å². The molecule has 0 saturated heterocycles. The van der Waals surface area contributed by atoms with Crippen LogP contribution in [0, 0.1) is 26.7 Å². The minimum atomic E-state index is 0.345. The Morgan fingerprint density at radius 3 is 2.57 bits per heavy atom. The number of anilines is 1. The summed E-state index contributed by atoms with van der Waals surface area (Å²) in [5.74, 6) is 1.92. The monoisotopic (exact) mass is 377 g/mol. The number of allylic oxidation sites excluding steroid dienone is 2. The molecule has 2 aromatic carbocycles. The Labute approximate surface area is 168 Å². The van der Waals surface area contributed by atoms with Crippen LogP contribution in [0.3, 0.4) is 0 Å². The summed E-state index contributed by atoms with van der Waals surface area (Å²) in [7, 11) is 0. The standard InChI is InChI=1S/C25H31NO2/c1-5-27-11-12-28-19-9-10-23-22(15-19)20-7-6-8-21(20)25(26-23)24-17(3)13-16(2)14-18(24)4/h6-7,9-10,13-15,20-21,25-26H,5,8,11-12H2,1-4H3. The maximum atomic E-state index is 5.91. The van der Waals surface area contributed by atoms with Gasteiger partial charge in [0.05, 0.1) is 12.6 Å². The van der Waals surface area contributed by atoms with Gasteiger partial charge >= 0.3 is 0 Å². The normalized spacial score (nSPS) is 22.5. The van der Waals surface area contributed by atoms with Crippen LogP contribution in [0.5, 0.6) is 5.75 Å². The number of ether oxygens (including phenoxy) is 2. The van der Waals surface area contributed by atoms with Crippen LogP contribution in [0.15, 0.2) is 42.5 Å². The quantitative estimate of drug-likeness (QED) is 0.506. The maximum absolute atomic E-state index is 5.91. The molecule has 0 radical (unpaired) electrons. The van der Waals surface area contributed by atoms with Crippen molar-refractivity contribution in [1.82, 2.24) is 0 Å². The fourth-order valence-electron chi connectivity index (χ4n) is 4.99. The molecule has 0 fully saturated rings. The van der Waals surface area contributed by atoms with Gasteiger partial charge in [0.1, 0.15) is 12.4 Å². The number of fused-ring (bicyclic) bond motifs is 3. The van der Waals surface area contributed by atoms with Gasteiger partial charge in [0.2, 0.25) is 0 Å². The molecule has 4 rings (SSSR count). The van der Waals surface area contributed by atoms with Gasteiger partial charge in [-0.2, -0.15) is 0 Å². The molecule has 1 N–H and O–H groups in total. The van der Waals surface area contributed by atoms with E-state index < -0.39 is 0 Å². The van der Waals surface area contributed by atoms with E-state index in [1.165, 1.54) is 33.5 Å². The Kier molecular flexibility index (Phi) is 5.45. The molecule has 0 amide bonds. The van der Waals surface area contributed by atoms with E-state index in [1.807, 2.05) is 6.92 Å². The Hall–Kier alpha value is -2.26. The second kappa shape index (κ2) is 8.00. The van der Waals surface area contributed by atoms with Crippen molar-refractivity contribution < 1.29 is 9.47 Å². The summed E-state index contributed by atoms with van der Waals surface area (Å²) in [6.07, 6.45) is 5.85. The molecule has 3 unspecified atom stereocenters. The molecule has 28 heavy (non-hydrogen) atoms. The minimum absolute atomic E-state index is 0.345. The number of aryl methyl sites for hydroxylation is 3. The van der Waals surface area contributed by atoms with Gasteiger partial charge in [-0.3, -0.25) is 0 Å².